The number of benzene rings is 1. The Morgan fingerprint density at radius 1 is 1.12 bits per heavy atom. The van der Waals surface area contributed by atoms with Gasteiger partial charge in [0, 0.05) is 4.83 Å². The lowest BCUT2D eigenvalue weighted by atomic mass is 9.66. The Morgan fingerprint density at radius 3 is 2.35 bits per heavy atom. The first-order chi connectivity index (χ1) is 8.01. The van der Waals surface area contributed by atoms with Crippen LogP contribution in [0.1, 0.15) is 45.6 Å². The Morgan fingerprint density at radius 2 is 1.76 bits per heavy atom. The van der Waals surface area contributed by atoms with Gasteiger partial charge in [-0.15, -0.1) is 0 Å². The summed E-state index contributed by atoms with van der Waals surface area (Å²) in [5.74, 6) is 1.63. The number of hydrogen-bond acceptors (Lipinski definition) is 0. The molecule has 94 valence electrons. The maximum Gasteiger partial charge on any atom is 0.0184 e. The Bertz CT molecular complexity index is 355. The van der Waals surface area contributed by atoms with E-state index in [0.717, 1.165) is 11.8 Å². The van der Waals surface area contributed by atoms with E-state index >= 15 is 0 Å². The molecule has 0 aromatic heterocycles. The van der Waals surface area contributed by atoms with Crippen molar-refractivity contribution in [3.05, 3.63) is 35.9 Å². The van der Waals surface area contributed by atoms with Crippen LogP contribution in [0.2, 0.25) is 0 Å². The fourth-order valence-electron chi connectivity index (χ4n) is 3.21. The van der Waals surface area contributed by atoms with E-state index in [9.17, 15) is 0 Å². The SMILES string of the molecule is CC1CCC(C(C)(C)c2ccccc2)C(Br)C1. The lowest BCUT2D eigenvalue weighted by molar-refractivity contribution is 0.214. The van der Waals surface area contributed by atoms with Gasteiger partial charge < -0.3 is 0 Å². The van der Waals surface area contributed by atoms with E-state index in [2.05, 4.69) is 67.0 Å². The Labute approximate surface area is 114 Å². The monoisotopic (exact) mass is 294 g/mol. The van der Waals surface area contributed by atoms with Crippen LogP contribution < -0.4 is 0 Å². The molecule has 1 aromatic rings. The van der Waals surface area contributed by atoms with E-state index in [-0.39, 0.29) is 5.41 Å². The first-order valence-corrected chi connectivity index (χ1v) is 7.63. The molecule has 1 fully saturated rings. The standard InChI is InChI=1S/C16H23Br/c1-12-9-10-14(15(17)11-12)16(2,3)13-7-5-4-6-8-13/h4-8,12,14-15H,9-11H2,1-3H3. The minimum absolute atomic E-state index is 0.273. The molecule has 0 amide bonds. The third-order valence-corrected chi connectivity index (χ3v) is 5.49. The summed E-state index contributed by atoms with van der Waals surface area (Å²) >= 11 is 3.93. The van der Waals surface area contributed by atoms with Crippen LogP contribution in [0.25, 0.3) is 0 Å². The van der Waals surface area contributed by atoms with Crippen molar-refractivity contribution in [2.24, 2.45) is 11.8 Å². The van der Waals surface area contributed by atoms with Crippen LogP contribution >= 0.6 is 15.9 Å². The van der Waals surface area contributed by atoms with E-state index in [1.165, 1.54) is 24.8 Å². The highest BCUT2D eigenvalue weighted by Crippen LogP contribution is 2.44. The van der Waals surface area contributed by atoms with Crippen LogP contribution in [-0.2, 0) is 5.41 Å². The van der Waals surface area contributed by atoms with E-state index in [0.29, 0.717) is 4.83 Å². The summed E-state index contributed by atoms with van der Waals surface area (Å²) in [7, 11) is 0. The summed E-state index contributed by atoms with van der Waals surface area (Å²) < 4.78 is 0. The highest BCUT2D eigenvalue weighted by atomic mass is 79.9. The molecule has 1 aliphatic carbocycles. The summed E-state index contributed by atoms with van der Waals surface area (Å²) in [6.07, 6.45) is 4.04. The van der Waals surface area contributed by atoms with Gasteiger partial charge in [-0.05, 0) is 35.7 Å². The zero-order valence-electron chi connectivity index (χ0n) is 11.1. The predicted octanol–water partition coefficient (Wildman–Crippen LogP) is 5.16. The topological polar surface area (TPSA) is 0 Å². The minimum atomic E-state index is 0.273. The summed E-state index contributed by atoms with van der Waals surface area (Å²) in [6, 6.07) is 11.0. The number of hydrogen-bond donors (Lipinski definition) is 0. The van der Waals surface area contributed by atoms with Crippen molar-refractivity contribution in [2.45, 2.75) is 50.3 Å². The van der Waals surface area contributed by atoms with Gasteiger partial charge in [-0.25, -0.2) is 0 Å². The summed E-state index contributed by atoms with van der Waals surface area (Å²) in [6.45, 7) is 7.18. The van der Waals surface area contributed by atoms with Crippen molar-refractivity contribution >= 4 is 15.9 Å². The molecule has 0 bridgehead atoms. The van der Waals surface area contributed by atoms with Gasteiger partial charge in [-0.2, -0.15) is 0 Å². The molecule has 1 aliphatic rings. The third-order valence-electron chi connectivity index (χ3n) is 4.48. The number of alkyl halides is 1. The highest BCUT2D eigenvalue weighted by molar-refractivity contribution is 9.09. The van der Waals surface area contributed by atoms with Gasteiger partial charge in [0.15, 0.2) is 0 Å². The van der Waals surface area contributed by atoms with Gasteiger partial charge in [-0.1, -0.05) is 73.5 Å². The van der Waals surface area contributed by atoms with Crippen LogP contribution in [0, 0.1) is 11.8 Å². The smallest absolute Gasteiger partial charge is 0.0184 e. The molecule has 3 atom stereocenters. The van der Waals surface area contributed by atoms with Crippen molar-refractivity contribution in [3.63, 3.8) is 0 Å². The zero-order valence-corrected chi connectivity index (χ0v) is 12.7. The van der Waals surface area contributed by atoms with Crippen LogP contribution in [0.5, 0.6) is 0 Å². The molecule has 1 heteroatoms. The van der Waals surface area contributed by atoms with Gasteiger partial charge in [0.2, 0.25) is 0 Å². The lowest BCUT2D eigenvalue weighted by Crippen LogP contribution is -2.38. The first kappa shape index (κ1) is 13.1. The van der Waals surface area contributed by atoms with Gasteiger partial charge >= 0.3 is 0 Å². The Hall–Kier alpha value is -0.300. The molecule has 0 N–H and O–H groups in total. The van der Waals surface area contributed by atoms with Crippen molar-refractivity contribution in [2.75, 3.05) is 0 Å². The Balaban J connectivity index is 2.21. The van der Waals surface area contributed by atoms with E-state index < -0.39 is 0 Å². The van der Waals surface area contributed by atoms with Crippen molar-refractivity contribution in [3.8, 4) is 0 Å². The number of rotatable bonds is 2. The molecule has 0 nitrogen and oxygen atoms in total. The highest BCUT2D eigenvalue weighted by Gasteiger charge is 2.38. The third kappa shape index (κ3) is 2.76. The Kier molecular flexibility index (Phi) is 3.97. The van der Waals surface area contributed by atoms with Crippen LogP contribution in [-0.4, -0.2) is 4.83 Å². The number of halogens is 1. The van der Waals surface area contributed by atoms with Crippen molar-refractivity contribution < 1.29 is 0 Å². The molecule has 0 spiro atoms. The average molecular weight is 295 g/mol. The molecule has 0 saturated heterocycles. The molecule has 0 radical (unpaired) electrons. The largest absolute Gasteiger partial charge is 0.0887 e. The second-order valence-corrected chi connectivity index (χ2v) is 7.30. The average Bonchev–Trinajstić information content (AvgIpc) is 2.29. The van der Waals surface area contributed by atoms with Gasteiger partial charge in [0.05, 0.1) is 0 Å². The molecular weight excluding hydrogens is 272 g/mol. The summed E-state index contributed by atoms with van der Waals surface area (Å²) in [5, 5.41) is 0. The van der Waals surface area contributed by atoms with Gasteiger partial charge in [0.1, 0.15) is 0 Å². The fourth-order valence-corrected chi connectivity index (χ4v) is 4.77. The maximum atomic E-state index is 3.93. The minimum Gasteiger partial charge on any atom is -0.0887 e. The van der Waals surface area contributed by atoms with Crippen LogP contribution in [0.4, 0.5) is 0 Å². The molecule has 3 unspecified atom stereocenters. The second kappa shape index (κ2) is 5.14. The molecule has 17 heavy (non-hydrogen) atoms. The molecule has 1 aromatic carbocycles. The fraction of sp³-hybridized carbons (Fsp3) is 0.625. The zero-order chi connectivity index (χ0) is 12.5. The maximum absolute atomic E-state index is 3.93. The van der Waals surface area contributed by atoms with Gasteiger partial charge in [0.25, 0.3) is 0 Å². The molecule has 0 heterocycles. The van der Waals surface area contributed by atoms with Crippen molar-refractivity contribution in [1.29, 1.82) is 0 Å². The normalized spacial score (nSPS) is 30.2. The first-order valence-electron chi connectivity index (χ1n) is 6.71. The van der Waals surface area contributed by atoms with E-state index in [4.69, 9.17) is 0 Å². The predicted molar refractivity (Wildman–Crippen MR) is 78.7 cm³/mol. The van der Waals surface area contributed by atoms with E-state index in [1.807, 2.05) is 0 Å². The van der Waals surface area contributed by atoms with Crippen LogP contribution in [0.15, 0.2) is 30.3 Å². The van der Waals surface area contributed by atoms with Gasteiger partial charge in [-0.3, -0.25) is 0 Å². The molecule has 2 rings (SSSR count). The lowest BCUT2D eigenvalue weighted by Gasteiger charge is -2.42. The molecule has 1 saturated carbocycles. The van der Waals surface area contributed by atoms with Crippen molar-refractivity contribution in [1.82, 2.24) is 0 Å². The van der Waals surface area contributed by atoms with Crippen LogP contribution in [0.3, 0.4) is 0 Å². The summed E-state index contributed by atoms with van der Waals surface area (Å²) in [5.41, 5.74) is 1.75. The molecule has 0 aliphatic heterocycles. The quantitative estimate of drug-likeness (QED) is 0.661. The van der Waals surface area contributed by atoms with E-state index in [1.54, 1.807) is 0 Å². The second-order valence-electron chi connectivity index (χ2n) is 6.13. The summed E-state index contributed by atoms with van der Waals surface area (Å²) in [4.78, 5) is 0.668. The molecular formula is C16H23Br.